The smallest absolute Gasteiger partial charge is 0.280 e. The van der Waals surface area contributed by atoms with Crippen molar-refractivity contribution in [3.8, 4) is 11.4 Å². The molecule has 0 aliphatic heterocycles. The molecule has 2 heterocycles. The third-order valence-corrected chi connectivity index (χ3v) is 3.59. The van der Waals surface area contributed by atoms with E-state index in [4.69, 9.17) is 4.52 Å². The summed E-state index contributed by atoms with van der Waals surface area (Å²) in [5, 5.41) is 7.17. The van der Waals surface area contributed by atoms with Crippen molar-refractivity contribution >= 4 is 5.69 Å². The van der Waals surface area contributed by atoms with Crippen molar-refractivity contribution in [1.82, 2.24) is 15.1 Å². The minimum Gasteiger partial charge on any atom is -0.378 e. The summed E-state index contributed by atoms with van der Waals surface area (Å²) in [7, 11) is 0. The summed E-state index contributed by atoms with van der Waals surface area (Å²) in [4.78, 5) is 7.95. The molecule has 0 bridgehead atoms. The van der Waals surface area contributed by atoms with Gasteiger partial charge in [0.2, 0.25) is 11.7 Å². The Bertz CT molecular complexity index is 800. The van der Waals surface area contributed by atoms with Gasteiger partial charge in [0.05, 0.1) is 6.04 Å². The Balaban J connectivity index is 1.69. The molecule has 7 heteroatoms. The lowest BCUT2D eigenvalue weighted by Crippen LogP contribution is -2.07. The zero-order valence-electron chi connectivity index (χ0n) is 13.2. The first-order valence-electron chi connectivity index (χ1n) is 7.44. The highest BCUT2D eigenvalue weighted by molar-refractivity contribution is 5.59. The molecule has 0 radical (unpaired) electrons. The van der Waals surface area contributed by atoms with E-state index in [0.717, 1.165) is 16.8 Å². The van der Waals surface area contributed by atoms with E-state index in [0.29, 0.717) is 11.7 Å². The number of benzene rings is 1. The summed E-state index contributed by atoms with van der Waals surface area (Å²) in [6, 6.07) is 10.5. The minimum absolute atomic E-state index is 0.0671. The van der Waals surface area contributed by atoms with Crippen LogP contribution < -0.4 is 5.32 Å². The molecule has 1 atom stereocenters. The highest BCUT2D eigenvalue weighted by Gasteiger charge is 2.11. The average Bonchev–Trinajstić information content (AvgIpc) is 3.02. The Morgan fingerprint density at radius 3 is 2.38 bits per heavy atom. The van der Waals surface area contributed by atoms with Gasteiger partial charge in [-0.1, -0.05) is 11.2 Å². The molecule has 3 rings (SSSR count). The van der Waals surface area contributed by atoms with Crippen molar-refractivity contribution < 1.29 is 13.3 Å². The van der Waals surface area contributed by atoms with Crippen LogP contribution in [0.1, 0.15) is 36.5 Å². The maximum atomic E-state index is 12.5. The van der Waals surface area contributed by atoms with Crippen LogP contribution in [0.5, 0.6) is 0 Å². The first-order valence-corrected chi connectivity index (χ1v) is 7.44. The fraction of sp³-hybridized carbons (Fsp3) is 0.235. The molecule has 0 saturated carbocycles. The minimum atomic E-state index is -2.55. The molecule has 3 aromatic rings. The number of anilines is 1. The molecule has 1 N–H and O–H groups in total. The molecule has 0 amide bonds. The van der Waals surface area contributed by atoms with Crippen LogP contribution in [0.3, 0.4) is 0 Å². The Kier molecular flexibility index (Phi) is 4.50. The molecule has 0 aliphatic rings. The van der Waals surface area contributed by atoms with E-state index in [1.807, 2.05) is 31.2 Å². The first-order chi connectivity index (χ1) is 11.5. The number of halogens is 2. The molecule has 1 aromatic carbocycles. The van der Waals surface area contributed by atoms with E-state index in [1.165, 1.54) is 12.3 Å². The monoisotopic (exact) mass is 330 g/mol. The van der Waals surface area contributed by atoms with E-state index in [2.05, 4.69) is 20.4 Å². The SMILES string of the molecule is Cc1nc(-c2ccc(NC(C)c3ccc(C(F)F)nc3)cc2)no1. The van der Waals surface area contributed by atoms with Gasteiger partial charge in [-0.05, 0) is 42.8 Å². The van der Waals surface area contributed by atoms with Crippen LogP contribution in [0.15, 0.2) is 47.1 Å². The Morgan fingerprint density at radius 2 is 1.83 bits per heavy atom. The number of pyridine rings is 1. The van der Waals surface area contributed by atoms with Crippen molar-refractivity contribution in [3.63, 3.8) is 0 Å². The summed E-state index contributed by atoms with van der Waals surface area (Å²) in [6.45, 7) is 3.68. The van der Waals surface area contributed by atoms with Gasteiger partial charge in [-0.3, -0.25) is 4.98 Å². The molecule has 24 heavy (non-hydrogen) atoms. The van der Waals surface area contributed by atoms with Crippen LogP contribution in [0, 0.1) is 6.92 Å². The highest BCUT2D eigenvalue weighted by atomic mass is 19.3. The molecular weight excluding hydrogens is 314 g/mol. The second-order valence-corrected chi connectivity index (χ2v) is 5.40. The molecule has 0 fully saturated rings. The van der Waals surface area contributed by atoms with E-state index in [1.54, 1.807) is 13.0 Å². The number of alkyl halides is 2. The van der Waals surface area contributed by atoms with Crippen LogP contribution in [0.25, 0.3) is 11.4 Å². The van der Waals surface area contributed by atoms with E-state index in [-0.39, 0.29) is 11.7 Å². The van der Waals surface area contributed by atoms with Gasteiger partial charge in [-0.2, -0.15) is 4.98 Å². The number of hydrogen-bond acceptors (Lipinski definition) is 5. The summed E-state index contributed by atoms with van der Waals surface area (Å²) in [5.41, 5.74) is 2.36. The predicted octanol–water partition coefficient (Wildman–Crippen LogP) is 4.55. The lowest BCUT2D eigenvalue weighted by atomic mass is 10.1. The van der Waals surface area contributed by atoms with Gasteiger partial charge in [0.15, 0.2) is 0 Å². The zero-order chi connectivity index (χ0) is 17.1. The summed E-state index contributed by atoms with van der Waals surface area (Å²) in [6.07, 6.45) is -1.08. The molecule has 0 saturated heterocycles. The van der Waals surface area contributed by atoms with Gasteiger partial charge in [0, 0.05) is 24.4 Å². The lowest BCUT2D eigenvalue weighted by Gasteiger charge is -2.16. The second-order valence-electron chi connectivity index (χ2n) is 5.40. The van der Waals surface area contributed by atoms with Crippen LogP contribution in [0.2, 0.25) is 0 Å². The van der Waals surface area contributed by atoms with Crippen LogP contribution in [-0.2, 0) is 0 Å². The van der Waals surface area contributed by atoms with Gasteiger partial charge in [-0.15, -0.1) is 0 Å². The Labute approximate surface area is 137 Å². The van der Waals surface area contributed by atoms with Crippen molar-refractivity contribution in [3.05, 3.63) is 59.7 Å². The van der Waals surface area contributed by atoms with Gasteiger partial charge < -0.3 is 9.84 Å². The van der Waals surface area contributed by atoms with Crippen molar-refractivity contribution in [2.75, 3.05) is 5.32 Å². The van der Waals surface area contributed by atoms with Gasteiger partial charge in [0.1, 0.15) is 5.69 Å². The maximum absolute atomic E-state index is 12.5. The lowest BCUT2D eigenvalue weighted by molar-refractivity contribution is 0.146. The van der Waals surface area contributed by atoms with Crippen molar-refractivity contribution in [2.45, 2.75) is 26.3 Å². The maximum Gasteiger partial charge on any atom is 0.280 e. The Morgan fingerprint density at radius 1 is 1.08 bits per heavy atom. The summed E-state index contributed by atoms with van der Waals surface area (Å²) < 4.78 is 30.0. The van der Waals surface area contributed by atoms with Gasteiger partial charge in [-0.25, -0.2) is 8.78 Å². The first kappa shape index (κ1) is 16.0. The van der Waals surface area contributed by atoms with Crippen LogP contribution in [0.4, 0.5) is 14.5 Å². The van der Waals surface area contributed by atoms with E-state index in [9.17, 15) is 8.78 Å². The molecular formula is C17H16F2N4O. The summed E-state index contributed by atoms with van der Waals surface area (Å²) >= 11 is 0. The molecule has 2 aromatic heterocycles. The molecule has 0 spiro atoms. The molecule has 124 valence electrons. The molecule has 0 aliphatic carbocycles. The van der Waals surface area contributed by atoms with Crippen molar-refractivity contribution in [2.24, 2.45) is 0 Å². The van der Waals surface area contributed by atoms with Crippen LogP contribution in [-0.4, -0.2) is 15.1 Å². The normalized spacial score (nSPS) is 12.4. The third kappa shape index (κ3) is 3.56. The number of nitrogens with one attached hydrogen (secondary N) is 1. The second kappa shape index (κ2) is 6.74. The standard InChI is InChI=1S/C17H16F2N4O/c1-10(13-5-8-15(16(18)19)20-9-13)21-14-6-3-12(4-7-14)17-22-11(2)24-23-17/h3-10,16,21H,1-2H3. The molecule has 1 unspecified atom stereocenters. The van der Waals surface area contributed by atoms with Crippen molar-refractivity contribution in [1.29, 1.82) is 0 Å². The zero-order valence-corrected chi connectivity index (χ0v) is 13.2. The topological polar surface area (TPSA) is 63.8 Å². The quantitative estimate of drug-likeness (QED) is 0.743. The van der Waals surface area contributed by atoms with E-state index < -0.39 is 6.43 Å². The van der Waals surface area contributed by atoms with E-state index >= 15 is 0 Å². The van der Waals surface area contributed by atoms with Crippen LogP contribution >= 0.6 is 0 Å². The predicted molar refractivity (Wildman–Crippen MR) is 85.7 cm³/mol. The van der Waals surface area contributed by atoms with Gasteiger partial charge in [0.25, 0.3) is 6.43 Å². The third-order valence-electron chi connectivity index (χ3n) is 3.59. The van der Waals surface area contributed by atoms with Gasteiger partial charge >= 0.3 is 0 Å². The fourth-order valence-electron chi connectivity index (χ4n) is 2.27. The Hall–Kier alpha value is -2.83. The summed E-state index contributed by atoms with van der Waals surface area (Å²) in [5.74, 6) is 1.06. The molecule has 5 nitrogen and oxygen atoms in total. The number of hydrogen-bond donors (Lipinski definition) is 1. The number of aromatic nitrogens is 3. The fourth-order valence-corrected chi connectivity index (χ4v) is 2.27. The average molecular weight is 330 g/mol. The number of nitrogens with zero attached hydrogens (tertiary/aromatic N) is 3. The highest BCUT2D eigenvalue weighted by Crippen LogP contribution is 2.23. The number of aryl methyl sites for hydroxylation is 1. The largest absolute Gasteiger partial charge is 0.378 e. The number of rotatable bonds is 5.